The summed E-state index contributed by atoms with van der Waals surface area (Å²) < 4.78 is 0. The number of benzene rings is 1. The van der Waals surface area contributed by atoms with Gasteiger partial charge < -0.3 is 16.2 Å². The Bertz CT molecular complexity index is 436. The number of carbonyl (C=O) groups is 2. The predicted octanol–water partition coefficient (Wildman–Crippen LogP) is 0.738. The van der Waals surface area contributed by atoms with Gasteiger partial charge in [0.05, 0.1) is 11.1 Å². The van der Waals surface area contributed by atoms with E-state index in [4.69, 9.17) is 10.8 Å². The number of nitrogens with two attached hydrogens (primary N) is 1. The first-order valence-corrected chi connectivity index (χ1v) is 5.20. The Labute approximate surface area is 99.6 Å². The highest BCUT2D eigenvalue weighted by Gasteiger charge is 2.21. The van der Waals surface area contributed by atoms with Crippen molar-refractivity contribution >= 4 is 11.9 Å². The highest BCUT2D eigenvalue weighted by Crippen LogP contribution is 2.06. The molecule has 0 saturated carbocycles. The van der Waals surface area contributed by atoms with Crippen LogP contribution in [0.5, 0.6) is 0 Å². The number of hydrogen-bond donors (Lipinski definition) is 3. The SMILES string of the molecule is CC(C)(N)C(=O)NCc1cccc(C(=O)O)c1. The highest BCUT2D eigenvalue weighted by atomic mass is 16.4. The van der Waals surface area contributed by atoms with E-state index in [9.17, 15) is 9.59 Å². The van der Waals surface area contributed by atoms with Gasteiger partial charge in [-0.25, -0.2) is 4.79 Å². The van der Waals surface area contributed by atoms with Crippen molar-refractivity contribution in [3.8, 4) is 0 Å². The summed E-state index contributed by atoms with van der Waals surface area (Å²) >= 11 is 0. The minimum Gasteiger partial charge on any atom is -0.478 e. The number of aromatic carboxylic acids is 1. The van der Waals surface area contributed by atoms with Crippen molar-refractivity contribution in [1.82, 2.24) is 5.32 Å². The lowest BCUT2D eigenvalue weighted by atomic mass is 10.1. The molecule has 0 saturated heterocycles. The molecule has 5 heteroatoms. The van der Waals surface area contributed by atoms with Crippen molar-refractivity contribution in [2.45, 2.75) is 25.9 Å². The van der Waals surface area contributed by atoms with Crippen LogP contribution in [-0.4, -0.2) is 22.5 Å². The smallest absolute Gasteiger partial charge is 0.335 e. The summed E-state index contributed by atoms with van der Waals surface area (Å²) in [5.41, 5.74) is 5.60. The van der Waals surface area contributed by atoms with Crippen LogP contribution in [-0.2, 0) is 11.3 Å². The molecule has 4 N–H and O–H groups in total. The lowest BCUT2D eigenvalue weighted by molar-refractivity contribution is -0.125. The third kappa shape index (κ3) is 3.88. The van der Waals surface area contributed by atoms with Crippen LogP contribution in [0, 0.1) is 0 Å². The number of hydrogen-bond acceptors (Lipinski definition) is 3. The van der Waals surface area contributed by atoms with E-state index in [-0.39, 0.29) is 18.0 Å². The first kappa shape index (κ1) is 13.2. The van der Waals surface area contributed by atoms with Gasteiger partial charge in [0.2, 0.25) is 5.91 Å². The predicted molar refractivity (Wildman–Crippen MR) is 63.5 cm³/mol. The normalized spacial score (nSPS) is 11.0. The average Bonchev–Trinajstić information content (AvgIpc) is 2.25. The molecule has 0 aliphatic carbocycles. The van der Waals surface area contributed by atoms with Crippen molar-refractivity contribution < 1.29 is 14.7 Å². The van der Waals surface area contributed by atoms with E-state index >= 15 is 0 Å². The quantitative estimate of drug-likeness (QED) is 0.718. The molecule has 0 unspecified atom stereocenters. The molecule has 0 aromatic heterocycles. The van der Waals surface area contributed by atoms with Gasteiger partial charge in [0.15, 0.2) is 0 Å². The van der Waals surface area contributed by atoms with Gasteiger partial charge >= 0.3 is 5.97 Å². The van der Waals surface area contributed by atoms with Crippen molar-refractivity contribution in [3.05, 3.63) is 35.4 Å². The number of amides is 1. The first-order valence-electron chi connectivity index (χ1n) is 5.20. The van der Waals surface area contributed by atoms with Crippen molar-refractivity contribution in [3.63, 3.8) is 0 Å². The molecule has 1 aromatic rings. The molecule has 92 valence electrons. The van der Waals surface area contributed by atoms with E-state index in [2.05, 4.69) is 5.32 Å². The second-order valence-electron chi connectivity index (χ2n) is 4.41. The standard InChI is InChI=1S/C12H16N2O3/c1-12(2,13)11(17)14-7-8-4-3-5-9(6-8)10(15)16/h3-6H,7,13H2,1-2H3,(H,14,17)(H,15,16). The maximum Gasteiger partial charge on any atom is 0.335 e. The average molecular weight is 236 g/mol. The fraction of sp³-hybridized carbons (Fsp3) is 0.333. The topological polar surface area (TPSA) is 92.4 Å². The summed E-state index contributed by atoms with van der Waals surface area (Å²) in [6.07, 6.45) is 0. The molecule has 0 atom stereocenters. The molecule has 1 rings (SSSR count). The Morgan fingerprint density at radius 3 is 2.59 bits per heavy atom. The fourth-order valence-electron chi connectivity index (χ4n) is 1.22. The van der Waals surface area contributed by atoms with Gasteiger partial charge in [-0.2, -0.15) is 0 Å². The fourth-order valence-corrected chi connectivity index (χ4v) is 1.22. The molecular weight excluding hydrogens is 220 g/mol. The molecule has 0 heterocycles. The first-order chi connectivity index (χ1) is 7.80. The van der Waals surface area contributed by atoms with Crippen molar-refractivity contribution in [2.75, 3.05) is 0 Å². The zero-order chi connectivity index (χ0) is 13.1. The summed E-state index contributed by atoms with van der Waals surface area (Å²) in [5, 5.41) is 11.5. The highest BCUT2D eigenvalue weighted by molar-refractivity contribution is 5.88. The Hall–Kier alpha value is -1.88. The summed E-state index contributed by atoms with van der Waals surface area (Å²) in [4.78, 5) is 22.2. The van der Waals surface area contributed by atoms with Crippen molar-refractivity contribution in [2.24, 2.45) is 5.73 Å². The van der Waals surface area contributed by atoms with Gasteiger partial charge in [0.1, 0.15) is 0 Å². The maximum absolute atomic E-state index is 11.5. The molecular formula is C12H16N2O3. The third-order valence-corrected chi connectivity index (χ3v) is 2.21. The number of carboxylic acid groups (broad SMARTS) is 1. The van der Waals surface area contributed by atoms with Gasteiger partial charge in [-0.15, -0.1) is 0 Å². The zero-order valence-corrected chi connectivity index (χ0v) is 9.86. The molecule has 0 bridgehead atoms. The minimum atomic E-state index is -0.989. The number of carbonyl (C=O) groups excluding carboxylic acids is 1. The summed E-state index contributed by atoms with van der Waals surface area (Å²) in [5.74, 6) is -1.27. The van der Waals surface area contributed by atoms with Crippen LogP contribution in [0.1, 0.15) is 29.8 Å². The van der Waals surface area contributed by atoms with E-state index in [1.165, 1.54) is 12.1 Å². The van der Waals surface area contributed by atoms with Crippen LogP contribution in [0.2, 0.25) is 0 Å². The zero-order valence-electron chi connectivity index (χ0n) is 9.86. The molecule has 1 aromatic carbocycles. The Morgan fingerprint density at radius 1 is 1.41 bits per heavy atom. The van der Waals surface area contributed by atoms with Crippen LogP contribution in [0.3, 0.4) is 0 Å². The van der Waals surface area contributed by atoms with Gasteiger partial charge in [-0.05, 0) is 31.5 Å². The van der Waals surface area contributed by atoms with Crippen LogP contribution in [0.15, 0.2) is 24.3 Å². The van der Waals surface area contributed by atoms with E-state index < -0.39 is 11.5 Å². The Balaban J connectivity index is 2.67. The van der Waals surface area contributed by atoms with Gasteiger partial charge in [-0.1, -0.05) is 12.1 Å². The molecule has 0 aliphatic rings. The van der Waals surface area contributed by atoms with Crippen LogP contribution in [0.25, 0.3) is 0 Å². The van der Waals surface area contributed by atoms with Crippen molar-refractivity contribution in [1.29, 1.82) is 0 Å². The molecule has 0 aliphatic heterocycles. The molecule has 5 nitrogen and oxygen atoms in total. The van der Waals surface area contributed by atoms with Crippen LogP contribution >= 0.6 is 0 Å². The van der Waals surface area contributed by atoms with Crippen LogP contribution in [0.4, 0.5) is 0 Å². The van der Waals surface area contributed by atoms with E-state index in [1.807, 2.05) is 0 Å². The van der Waals surface area contributed by atoms with Gasteiger partial charge in [-0.3, -0.25) is 4.79 Å². The molecule has 0 spiro atoms. The van der Waals surface area contributed by atoms with E-state index in [0.29, 0.717) is 0 Å². The largest absolute Gasteiger partial charge is 0.478 e. The second-order valence-corrected chi connectivity index (χ2v) is 4.41. The van der Waals surface area contributed by atoms with Gasteiger partial charge in [0, 0.05) is 6.54 Å². The summed E-state index contributed by atoms with van der Waals surface area (Å²) in [7, 11) is 0. The lowest BCUT2D eigenvalue weighted by Crippen LogP contribution is -2.48. The Morgan fingerprint density at radius 2 is 2.06 bits per heavy atom. The molecule has 0 radical (unpaired) electrons. The lowest BCUT2D eigenvalue weighted by Gasteiger charge is -2.17. The van der Waals surface area contributed by atoms with E-state index in [1.54, 1.807) is 26.0 Å². The van der Waals surface area contributed by atoms with Gasteiger partial charge in [0.25, 0.3) is 0 Å². The number of rotatable bonds is 4. The minimum absolute atomic E-state index is 0.198. The number of nitrogens with one attached hydrogen (secondary N) is 1. The third-order valence-electron chi connectivity index (χ3n) is 2.21. The van der Waals surface area contributed by atoms with E-state index in [0.717, 1.165) is 5.56 Å². The second kappa shape index (κ2) is 4.97. The van der Waals surface area contributed by atoms with Crippen LogP contribution < -0.4 is 11.1 Å². The molecule has 17 heavy (non-hydrogen) atoms. The number of carboxylic acids is 1. The monoisotopic (exact) mass is 236 g/mol. The summed E-state index contributed by atoms with van der Waals surface area (Å²) in [6.45, 7) is 3.48. The summed E-state index contributed by atoms with van der Waals surface area (Å²) in [6, 6.07) is 6.40. The molecule has 0 fully saturated rings. The maximum atomic E-state index is 11.5. The molecule has 1 amide bonds. The Kier molecular flexibility index (Phi) is 3.85.